The molecule has 1 N–H and O–H groups in total. The average Bonchev–Trinajstić information content (AvgIpc) is 2.68. The molecule has 0 saturated heterocycles. The number of nitrogens with one attached hydrogen (secondary N) is 1. The Kier molecular flexibility index (Phi) is 3.72. The molecule has 0 spiro atoms. The molecule has 0 aromatic carbocycles. The minimum absolute atomic E-state index is 0.235. The van der Waals surface area contributed by atoms with E-state index in [0.717, 1.165) is 25.7 Å². The van der Waals surface area contributed by atoms with E-state index in [0.29, 0.717) is 0 Å². The quantitative estimate of drug-likeness (QED) is 0.567. The second kappa shape index (κ2) is 4.64. The summed E-state index contributed by atoms with van der Waals surface area (Å²) >= 11 is 0. The SMILES string of the molecule is COC(=O)C(C)(C)C(=O)NC1CCCC1. The topological polar surface area (TPSA) is 55.4 Å². The Morgan fingerprint density at radius 2 is 1.80 bits per heavy atom. The summed E-state index contributed by atoms with van der Waals surface area (Å²) in [5.41, 5.74) is -1.09. The van der Waals surface area contributed by atoms with Crippen LogP contribution >= 0.6 is 0 Å². The van der Waals surface area contributed by atoms with Gasteiger partial charge in [0, 0.05) is 6.04 Å². The van der Waals surface area contributed by atoms with Gasteiger partial charge in [0.15, 0.2) is 0 Å². The molecule has 0 aromatic rings. The summed E-state index contributed by atoms with van der Waals surface area (Å²) in [4.78, 5) is 23.2. The Bertz CT molecular complexity index is 255. The minimum atomic E-state index is -1.09. The van der Waals surface area contributed by atoms with E-state index < -0.39 is 11.4 Å². The molecule has 0 aliphatic heterocycles. The highest BCUT2D eigenvalue weighted by molar-refractivity contribution is 6.01. The third-order valence-corrected chi connectivity index (χ3v) is 2.95. The van der Waals surface area contributed by atoms with Gasteiger partial charge in [-0.05, 0) is 26.7 Å². The van der Waals surface area contributed by atoms with Crippen molar-refractivity contribution in [2.24, 2.45) is 5.41 Å². The third kappa shape index (κ3) is 2.70. The monoisotopic (exact) mass is 213 g/mol. The van der Waals surface area contributed by atoms with Crippen LogP contribution in [0.15, 0.2) is 0 Å². The number of ether oxygens (including phenoxy) is 1. The Labute approximate surface area is 90.4 Å². The van der Waals surface area contributed by atoms with Crippen molar-refractivity contribution in [1.82, 2.24) is 5.32 Å². The van der Waals surface area contributed by atoms with Crippen molar-refractivity contribution in [3.63, 3.8) is 0 Å². The lowest BCUT2D eigenvalue weighted by Gasteiger charge is -2.23. The Morgan fingerprint density at radius 1 is 1.27 bits per heavy atom. The van der Waals surface area contributed by atoms with Crippen LogP contribution in [-0.4, -0.2) is 25.0 Å². The molecule has 0 aromatic heterocycles. The van der Waals surface area contributed by atoms with E-state index in [9.17, 15) is 9.59 Å². The van der Waals surface area contributed by atoms with Gasteiger partial charge in [-0.3, -0.25) is 9.59 Å². The van der Waals surface area contributed by atoms with Crippen LogP contribution in [0.1, 0.15) is 39.5 Å². The van der Waals surface area contributed by atoms with Gasteiger partial charge in [-0.1, -0.05) is 12.8 Å². The number of rotatable bonds is 3. The lowest BCUT2D eigenvalue weighted by Crippen LogP contribution is -2.46. The molecule has 1 fully saturated rings. The molecular weight excluding hydrogens is 194 g/mol. The number of esters is 1. The zero-order valence-corrected chi connectivity index (χ0v) is 9.63. The summed E-state index contributed by atoms with van der Waals surface area (Å²) in [6.07, 6.45) is 4.35. The summed E-state index contributed by atoms with van der Waals surface area (Å²) in [7, 11) is 1.30. The smallest absolute Gasteiger partial charge is 0.320 e. The number of amides is 1. The van der Waals surface area contributed by atoms with E-state index in [4.69, 9.17) is 0 Å². The lowest BCUT2D eigenvalue weighted by molar-refractivity contribution is -0.156. The molecule has 0 unspecified atom stereocenters. The fraction of sp³-hybridized carbons (Fsp3) is 0.818. The van der Waals surface area contributed by atoms with Gasteiger partial charge in [0.2, 0.25) is 5.91 Å². The van der Waals surface area contributed by atoms with E-state index in [1.54, 1.807) is 13.8 Å². The van der Waals surface area contributed by atoms with Crippen LogP contribution in [0.3, 0.4) is 0 Å². The first-order valence-corrected chi connectivity index (χ1v) is 5.38. The molecule has 1 saturated carbocycles. The van der Waals surface area contributed by atoms with Crippen LogP contribution in [0.4, 0.5) is 0 Å². The van der Waals surface area contributed by atoms with E-state index in [2.05, 4.69) is 10.1 Å². The summed E-state index contributed by atoms with van der Waals surface area (Å²) in [5, 5.41) is 2.89. The predicted molar refractivity (Wildman–Crippen MR) is 56.2 cm³/mol. The first kappa shape index (κ1) is 12.0. The van der Waals surface area contributed by atoms with Crippen molar-refractivity contribution < 1.29 is 14.3 Å². The molecular formula is C11H19NO3. The van der Waals surface area contributed by atoms with E-state index in [1.165, 1.54) is 7.11 Å². The number of carbonyl (C=O) groups excluding carboxylic acids is 2. The van der Waals surface area contributed by atoms with Crippen molar-refractivity contribution in [2.45, 2.75) is 45.6 Å². The molecule has 86 valence electrons. The Hall–Kier alpha value is -1.06. The largest absolute Gasteiger partial charge is 0.468 e. The van der Waals surface area contributed by atoms with Crippen LogP contribution in [-0.2, 0) is 14.3 Å². The van der Waals surface area contributed by atoms with Gasteiger partial charge in [0.25, 0.3) is 0 Å². The van der Waals surface area contributed by atoms with Gasteiger partial charge in [0.1, 0.15) is 5.41 Å². The molecule has 15 heavy (non-hydrogen) atoms. The normalized spacial score (nSPS) is 17.5. The average molecular weight is 213 g/mol. The molecule has 0 heterocycles. The molecule has 0 bridgehead atoms. The van der Waals surface area contributed by atoms with Crippen molar-refractivity contribution in [3.05, 3.63) is 0 Å². The number of methoxy groups -OCH3 is 1. The molecule has 4 nitrogen and oxygen atoms in total. The first-order chi connectivity index (χ1) is 6.98. The van der Waals surface area contributed by atoms with Crippen molar-refractivity contribution in [2.75, 3.05) is 7.11 Å². The minimum Gasteiger partial charge on any atom is -0.468 e. The van der Waals surface area contributed by atoms with Gasteiger partial charge >= 0.3 is 5.97 Å². The summed E-state index contributed by atoms with van der Waals surface area (Å²) in [6.45, 7) is 3.17. The first-order valence-electron chi connectivity index (χ1n) is 5.38. The number of carbonyl (C=O) groups is 2. The van der Waals surface area contributed by atoms with Crippen molar-refractivity contribution in [3.8, 4) is 0 Å². The zero-order chi connectivity index (χ0) is 11.5. The van der Waals surface area contributed by atoms with Gasteiger partial charge in [0.05, 0.1) is 7.11 Å². The summed E-state index contributed by atoms with van der Waals surface area (Å²) < 4.78 is 4.60. The summed E-state index contributed by atoms with van der Waals surface area (Å²) in [5.74, 6) is -0.723. The molecule has 1 aliphatic carbocycles. The second-order valence-corrected chi connectivity index (χ2v) is 4.57. The molecule has 0 atom stereocenters. The van der Waals surface area contributed by atoms with Crippen LogP contribution in [0.25, 0.3) is 0 Å². The molecule has 1 rings (SSSR count). The Balaban J connectivity index is 2.54. The van der Waals surface area contributed by atoms with Crippen molar-refractivity contribution in [1.29, 1.82) is 0 Å². The summed E-state index contributed by atoms with van der Waals surface area (Å²) in [6, 6.07) is 0.237. The molecule has 1 amide bonds. The standard InChI is InChI=1S/C11H19NO3/c1-11(2,10(14)15-3)9(13)12-8-6-4-5-7-8/h8H,4-7H2,1-3H3,(H,12,13). The fourth-order valence-electron chi connectivity index (χ4n) is 1.78. The highest BCUT2D eigenvalue weighted by atomic mass is 16.5. The highest BCUT2D eigenvalue weighted by Gasteiger charge is 2.38. The van der Waals surface area contributed by atoms with Gasteiger partial charge in [-0.2, -0.15) is 0 Å². The Morgan fingerprint density at radius 3 is 2.27 bits per heavy atom. The third-order valence-electron chi connectivity index (χ3n) is 2.95. The van der Waals surface area contributed by atoms with Gasteiger partial charge < -0.3 is 10.1 Å². The maximum absolute atomic E-state index is 11.8. The van der Waals surface area contributed by atoms with Crippen LogP contribution in [0.2, 0.25) is 0 Å². The maximum atomic E-state index is 11.8. The van der Waals surface area contributed by atoms with E-state index in [1.807, 2.05) is 0 Å². The maximum Gasteiger partial charge on any atom is 0.320 e. The fourth-order valence-corrected chi connectivity index (χ4v) is 1.78. The molecule has 4 heteroatoms. The van der Waals surface area contributed by atoms with E-state index >= 15 is 0 Å². The van der Waals surface area contributed by atoms with Crippen LogP contribution in [0, 0.1) is 5.41 Å². The van der Waals surface area contributed by atoms with Crippen molar-refractivity contribution >= 4 is 11.9 Å². The van der Waals surface area contributed by atoms with Gasteiger partial charge in [-0.25, -0.2) is 0 Å². The van der Waals surface area contributed by atoms with E-state index in [-0.39, 0.29) is 11.9 Å². The second-order valence-electron chi connectivity index (χ2n) is 4.57. The number of hydrogen-bond donors (Lipinski definition) is 1. The lowest BCUT2D eigenvalue weighted by atomic mass is 9.92. The van der Waals surface area contributed by atoms with Crippen LogP contribution < -0.4 is 5.32 Å². The predicted octanol–water partition coefficient (Wildman–Crippen LogP) is 1.24. The number of hydrogen-bond acceptors (Lipinski definition) is 3. The molecule has 0 radical (unpaired) electrons. The molecule has 1 aliphatic rings. The van der Waals surface area contributed by atoms with Crippen LogP contribution in [0.5, 0.6) is 0 Å². The zero-order valence-electron chi connectivity index (χ0n) is 9.63. The highest BCUT2D eigenvalue weighted by Crippen LogP contribution is 2.22. The van der Waals surface area contributed by atoms with Gasteiger partial charge in [-0.15, -0.1) is 0 Å².